The van der Waals surface area contributed by atoms with E-state index in [2.05, 4.69) is 6.07 Å². The van der Waals surface area contributed by atoms with Crippen molar-refractivity contribution < 1.29 is 23.8 Å². The van der Waals surface area contributed by atoms with Crippen LogP contribution in [0.5, 0.6) is 0 Å². The van der Waals surface area contributed by atoms with Crippen molar-refractivity contribution in [2.45, 2.75) is 33.3 Å². The lowest BCUT2D eigenvalue weighted by atomic mass is 9.84. The fourth-order valence-corrected chi connectivity index (χ4v) is 3.85. The quantitative estimate of drug-likeness (QED) is 0.540. The summed E-state index contributed by atoms with van der Waals surface area (Å²) in [6.45, 7) is 4.37. The van der Waals surface area contributed by atoms with Crippen LogP contribution < -0.4 is 0 Å². The zero-order chi connectivity index (χ0) is 20.1. The van der Waals surface area contributed by atoms with E-state index in [1.54, 1.807) is 21.0 Å². The third-order valence-corrected chi connectivity index (χ3v) is 5.13. The van der Waals surface area contributed by atoms with E-state index in [0.29, 0.717) is 6.61 Å². The van der Waals surface area contributed by atoms with Gasteiger partial charge in [0.15, 0.2) is 5.41 Å². The summed E-state index contributed by atoms with van der Waals surface area (Å²) in [7, 11) is 1.66. The molecule has 0 aliphatic heterocycles. The van der Waals surface area contributed by atoms with Gasteiger partial charge < -0.3 is 14.2 Å². The van der Waals surface area contributed by atoms with Gasteiger partial charge in [0.05, 0.1) is 19.8 Å². The molecule has 0 fully saturated rings. The smallest absolute Gasteiger partial charge is 0.324 e. The Balaban J connectivity index is 2.06. The Bertz CT molecular complexity index is 839. The molecule has 5 heteroatoms. The average molecular weight is 382 g/mol. The molecule has 0 spiro atoms. The van der Waals surface area contributed by atoms with E-state index >= 15 is 0 Å². The van der Waals surface area contributed by atoms with Gasteiger partial charge in [-0.2, -0.15) is 0 Å². The normalized spacial score (nSPS) is 14.4. The third-order valence-electron chi connectivity index (χ3n) is 5.13. The van der Waals surface area contributed by atoms with Gasteiger partial charge in [0.1, 0.15) is 0 Å². The van der Waals surface area contributed by atoms with E-state index in [0.717, 1.165) is 27.8 Å². The molecular formula is C23H26O5. The third kappa shape index (κ3) is 3.67. The lowest BCUT2D eigenvalue weighted by Gasteiger charge is -2.23. The Kier molecular flexibility index (Phi) is 6.15. The number of hydrogen-bond acceptors (Lipinski definition) is 5. The minimum atomic E-state index is -1.31. The van der Waals surface area contributed by atoms with Crippen LogP contribution in [0.1, 0.15) is 30.5 Å². The molecule has 28 heavy (non-hydrogen) atoms. The Morgan fingerprint density at radius 2 is 1.50 bits per heavy atom. The van der Waals surface area contributed by atoms with Crippen LogP contribution in [0.4, 0.5) is 0 Å². The molecule has 0 N–H and O–H groups in total. The largest absolute Gasteiger partial charge is 0.465 e. The molecule has 0 aromatic heterocycles. The zero-order valence-corrected chi connectivity index (χ0v) is 16.6. The average Bonchev–Trinajstić information content (AvgIpc) is 3.08. The molecule has 148 valence electrons. The summed E-state index contributed by atoms with van der Waals surface area (Å²) in [6, 6.07) is 14.1. The van der Waals surface area contributed by atoms with Crippen LogP contribution in [0.15, 0.2) is 42.5 Å². The number of esters is 2. The van der Waals surface area contributed by atoms with Crippen LogP contribution in [-0.2, 0) is 43.2 Å². The summed E-state index contributed by atoms with van der Waals surface area (Å²) in [5.74, 6) is -1.03. The van der Waals surface area contributed by atoms with Gasteiger partial charge in [-0.15, -0.1) is 0 Å². The van der Waals surface area contributed by atoms with Crippen LogP contribution in [0.25, 0.3) is 11.1 Å². The summed E-state index contributed by atoms with van der Waals surface area (Å²) in [5.41, 5.74) is 3.77. The van der Waals surface area contributed by atoms with Gasteiger partial charge in [0.2, 0.25) is 0 Å². The van der Waals surface area contributed by atoms with Gasteiger partial charge in [0.25, 0.3) is 0 Å². The highest BCUT2D eigenvalue weighted by Gasteiger charge is 2.53. The molecule has 0 unspecified atom stereocenters. The molecule has 3 rings (SSSR count). The van der Waals surface area contributed by atoms with Crippen molar-refractivity contribution in [1.29, 1.82) is 0 Å². The minimum absolute atomic E-state index is 0.223. The molecule has 0 saturated heterocycles. The van der Waals surface area contributed by atoms with Crippen LogP contribution in [-0.4, -0.2) is 32.3 Å². The Morgan fingerprint density at radius 1 is 0.929 bits per heavy atom. The predicted octanol–water partition coefficient (Wildman–Crippen LogP) is 3.71. The van der Waals surface area contributed by atoms with E-state index in [1.165, 1.54) is 0 Å². The number of rotatable bonds is 7. The first-order chi connectivity index (χ1) is 13.6. The number of hydrogen-bond donors (Lipinski definition) is 0. The highest BCUT2D eigenvalue weighted by Crippen LogP contribution is 2.42. The summed E-state index contributed by atoms with van der Waals surface area (Å²) in [6.07, 6.45) is 0.568. The first kappa shape index (κ1) is 20.1. The number of carbonyl (C=O) groups excluding carboxylic acids is 2. The Hall–Kier alpha value is -2.66. The number of ether oxygens (including phenoxy) is 3. The lowest BCUT2D eigenvalue weighted by Crippen LogP contribution is -2.43. The summed E-state index contributed by atoms with van der Waals surface area (Å²) < 4.78 is 15.9. The van der Waals surface area contributed by atoms with Gasteiger partial charge in [-0.05, 0) is 54.5 Å². The topological polar surface area (TPSA) is 61.8 Å². The number of benzene rings is 2. The van der Waals surface area contributed by atoms with Crippen LogP contribution in [0.2, 0.25) is 0 Å². The number of fused-ring (bicyclic) bond motifs is 1. The SMILES string of the molecule is CCOC(=O)C1(C(=O)OCC)Cc2cc(COC)c(-c3ccccc3)cc2C1. The minimum Gasteiger partial charge on any atom is -0.465 e. The van der Waals surface area contributed by atoms with Gasteiger partial charge >= 0.3 is 11.9 Å². The number of carbonyl (C=O) groups is 2. The molecule has 1 aliphatic carbocycles. The highest BCUT2D eigenvalue weighted by molar-refractivity contribution is 6.01. The standard InChI is InChI=1S/C23H26O5/c1-4-27-21(24)23(22(25)28-5-2)13-17-11-19(15-26-3)20(12-18(17)14-23)16-9-7-6-8-10-16/h6-12H,4-5,13-15H2,1-3H3. The van der Waals surface area contributed by atoms with E-state index < -0.39 is 17.4 Å². The van der Waals surface area contributed by atoms with E-state index in [4.69, 9.17) is 14.2 Å². The Labute approximate surface area is 165 Å². The second-order valence-corrected chi connectivity index (χ2v) is 6.95. The molecular weight excluding hydrogens is 356 g/mol. The summed E-state index contributed by atoms with van der Waals surface area (Å²) in [5, 5.41) is 0. The van der Waals surface area contributed by atoms with Crippen molar-refractivity contribution in [3.05, 3.63) is 59.2 Å². The highest BCUT2D eigenvalue weighted by atomic mass is 16.6. The zero-order valence-electron chi connectivity index (χ0n) is 16.6. The molecule has 0 amide bonds. The molecule has 2 aromatic carbocycles. The van der Waals surface area contributed by atoms with Gasteiger partial charge in [-0.1, -0.05) is 42.5 Å². The fraction of sp³-hybridized carbons (Fsp3) is 0.391. The maximum Gasteiger partial charge on any atom is 0.324 e. The molecule has 0 heterocycles. The van der Waals surface area contributed by atoms with E-state index in [-0.39, 0.29) is 26.1 Å². The Morgan fingerprint density at radius 3 is 2.04 bits per heavy atom. The van der Waals surface area contributed by atoms with Crippen LogP contribution in [0, 0.1) is 5.41 Å². The first-order valence-corrected chi connectivity index (χ1v) is 9.59. The molecule has 2 aromatic rings. The van der Waals surface area contributed by atoms with Crippen LogP contribution in [0.3, 0.4) is 0 Å². The predicted molar refractivity (Wildman–Crippen MR) is 106 cm³/mol. The lowest BCUT2D eigenvalue weighted by molar-refractivity contribution is -0.171. The molecule has 0 atom stereocenters. The first-order valence-electron chi connectivity index (χ1n) is 9.59. The van der Waals surface area contributed by atoms with Crippen molar-refractivity contribution in [3.8, 4) is 11.1 Å². The summed E-state index contributed by atoms with van der Waals surface area (Å²) in [4.78, 5) is 25.5. The second-order valence-electron chi connectivity index (χ2n) is 6.95. The molecule has 0 saturated carbocycles. The van der Waals surface area contributed by atoms with Crippen molar-refractivity contribution in [2.75, 3.05) is 20.3 Å². The van der Waals surface area contributed by atoms with Crippen molar-refractivity contribution in [2.24, 2.45) is 5.41 Å². The van der Waals surface area contributed by atoms with Crippen LogP contribution >= 0.6 is 0 Å². The monoisotopic (exact) mass is 382 g/mol. The molecule has 0 radical (unpaired) electrons. The van der Waals surface area contributed by atoms with Gasteiger partial charge in [-0.3, -0.25) is 9.59 Å². The maximum absolute atomic E-state index is 12.8. The van der Waals surface area contributed by atoms with E-state index in [1.807, 2.05) is 36.4 Å². The van der Waals surface area contributed by atoms with E-state index in [9.17, 15) is 9.59 Å². The van der Waals surface area contributed by atoms with Crippen molar-refractivity contribution in [1.82, 2.24) is 0 Å². The number of methoxy groups -OCH3 is 1. The van der Waals surface area contributed by atoms with Crippen molar-refractivity contribution >= 4 is 11.9 Å². The fourth-order valence-electron chi connectivity index (χ4n) is 3.85. The van der Waals surface area contributed by atoms with Gasteiger partial charge in [0, 0.05) is 7.11 Å². The van der Waals surface area contributed by atoms with Gasteiger partial charge in [-0.25, -0.2) is 0 Å². The summed E-state index contributed by atoms with van der Waals surface area (Å²) >= 11 is 0. The van der Waals surface area contributed by atoms with Crippen molar-refractivity contribution in [3.63, 3.8) is 0 Å². The molecule has 0 bridgehead atoms. The second kappa shape index (κ2) is 8.57. The maximum atomic E-state index is 12.8. The molecule has 1 aliphatic rings. The molecule has 5 nitrogen and oxygen atoms in total.